The molecule has 0 spiro atoms. The first-order chi connectivity index (χ1) is 11.6. The molecule has 0 radical (unpaired) electrons. The van der Waals surface area contributed by atoms with Crippen LogP contribution in [0, 0.1) is 0 Å². The lowest BCUT2D eigenvalue weighted by atomic mass is 10.2. The molecule has 0 atom stereocenters. The van der Waals surface area contributed by atoms with Crippen LogP contribution in [0.5, 0.6) is 5.75 Å². The second-order valence-electron chi connectivity index (χ2n) is 5.32. The van der Waals surface area contributed by atoms with Crippen molar-refractivity contribution in [1.82, 2.24) is 4.98 Å². The zero-order valence-corrected chi connectivity index (χ0v) is 13.3. The molecule has 0 bridgehead atoms. The smallest absolute Gasteiger partial charge is 0.272 e. The topological polar surface area (TPSA) is 83.2 Å². The summed E-state index contributed by atoms with van der Waals surface area (Å²) >= 11 is 0. The molecule has 122 valence electrons. The molecular weight excluding hydrogens is 306 g/mol. The van der Waals surface area contributed by atoms with Gasteiger partial charge < -0.3 is 20.4 Å². The molecule has 3 N–H and O–H groups in total. The summed E-state index contributed by atoms with van der Waals surface area (Å²) in [5, 5.41) is 6.39. The molecular formula is C18H17N3O3. The third kappa shape index (κ3) is 3.22. The van der Waals surface area contributed by atoms with Gasteiger partial charge in [-0.3, -0.25) is 9.59 Å². The van der Waals surface area contributed by atoms with Gasteiger partial charge in [-0.05, 0) is 36.4 Å². The van der Waals surface area contributed by atoms with Crippen LogP contribution in [0.1, 0.15) is 17.4 Å². The van der Waals surface area contributed by atoms with Gasteiger partial charge in [0, 0.05) is 23.7 Å². The van der Waals surface area contributed by atoms with Crippen molar-refractivity contribution in [2.75, 3.05) is 17.7 Å². The standard InChI is InChI=1S/C18H17N3O3/c1-11(22)19-13-6-8-14(9-7-13)20-18(23)15-10-12-4-3-5-16(24-2)17(12)21-15/h3-10,21H,1-2H3,(H,19,22)(H,20,23). The molecule has 2 amide bonds. The zero-order valence-electron chi connectivity index (χ0n) is 13.3. The van der Waals surface area contributed by atoms with Gasteiger partial charge in [-0.15, -0.1) is 0 Å². The first-order valence-electron chi connectivity index (χ1n) is 7.41. The quantitative estimate of drug-likeness (QED) is 0.688. The van der Waals surface area contributed by atoms with E-state index in [1.807, 2.05) is 18.2 Å². The Hall–Kier alpha value is -3.28. The molecule has 0 unspecified atom stereocenters. The van der Waals surface area contributed by atoms with Gasteiger partial charge in [0.15, 0.2) is 0 Å². The highest BCUT2D eigenvalue weighted by molar-refractivity contribution is 6.06. The van der Waals surface area contributed by atoms with Gasteiger partial charge in [0.05, 0.1) is 12.6 Å². The molecule has 6 heteroatoms. The summed E-state index contributed by atoms with van der Waals surface area (Å²) in [7, 11) is 1.59. The molecule has 0 aliphatic heterocycles. The van der Waals surface area contributed by atoms with E-state index >= 15 is 0 Å². The highest BCUT2D eigenvalue weighted by atomic mass is 16.5. The minimum absolute atomic E-state index is 0.140. The van der Waals surface area contributed by atoms with Crippen LogP contribution in [0.25, 0.3) is 10.9 Å². The number of benzene rings is 2. The number of hydrogen-bond acceptors (Lipinski definition) is 3. The van der Waals surface area contributed by atoms with Gasteiger partial charge in [-0.2, -0.15) is 0 Å². The number of hydrogen-bond donors (Lipinski definition) is 3. The molecule has 24 heavy (non-hydrogen) atoms. The number of carbonyl (C=O) groups is 2. The normalized spacial score (nSPS) is 10.4. The minimum Gasteiger partial charge on any atom is -0.495 e. The Morgan fingerprint density at radius 3 is 2.29 bits per heavy atom. The van der Waals surface area contributed by atoms with Crippen molar-refractivity contribution in [2.45, 2.75) is 6.92 Å². The monoisotopic (exact) mass is 323 g/mol. The van der Waals surface area contributed by atoms with Crippen LogP contribution in [0.4, 0.5) is 11.4 Å². The number of aromatic nitrogens is 1. The number of anilines is 2. The van der Waals surface area contributed by atoms with Crippen LogP contribution >= 0.6 is 0 Å². The fourth-order valence-electron chi connectivity index (χ4n) is 2.46. The van der Waals surface area contributed by atoms with Crippen LogP contribution in [-0.4, -0.2) is 23.9 Å². The summed E-state index contributed by atoms with van der Waals surface area (Å²) in [5.41, 5.74) is 2.54. The lowest BCUT2D eigenvalue weighted by molar-refractivity contribution is -0.114. The molecule has 2 aromatic carbocycles. The molecule has 3 rings (SSSR count). The molecule has 0 aliphatic rings. The number of amides is 2. The summed E-state index contributed by atoms with van der Waals surface area (Å²) in [6.45, 7) is 1.44. The number of aromatic amines is 1. The summed E-state index contributed by atoms with van der Waals surface area (Å²) in [6.07, 6.45) is 0. The van der Waals surface area contributed by atoms with Gasteiger partial charge in [-0.1, -0.05) is 12.1 Å². The molecule has 6 nitrogen and oxygen atoms in total. The second kappa shape index (κ2) is 6.45. The Balaban J connectivity index is 1.78. The number of nitrogens with one attached hydrogen (secondary N) is 3. The highest BCUT2D eigenvalue weighted by Gasteiger charge is 2.12. The number of ether oxygens (including phenoxy) is 1. The first kappa shape index (κ1) is 15.6. The maximum Gasteiger partial charge on any atom is 0.272 e. The van der Waals surface area contributed by atoms with E-state index in [9.17, 15) is 9.59 Å². The van der Waals surface area contributed by atoms with E-state index in [1.54, 1.807) is 37.4 Å². The molecule has 1 aromatic heterocycles. The number of carbonyl (C=O) groups excluding carboxylic acids is 2. The van der Waals surface area contributed by atoms with Crippen molar-refractivity contribution in [2.24, 2.45) is 0 Å². The maximum absolute atomic E-state index is 12.4. The van der Waals surface area contributed by atoms with Gasteiger partial charge in [-0.25, -0.2) is 0 Å². The summed E-state index contributed by atoms with van der Waals surface area (Å²) in [5.74, 6) is 0.297. The average Bonchev–Trinajstić information content (AvgIpc) is 3.00. The molecule has 1 heterocycles. The third-order valence-electron chi connectivity index (χ3n) is 3.55. The van der Waals surface area contributed by atoms with Crippen molar-refractivity contribution < 1.29 is 14.3 Å². The number of rotatable bonds is 4. The van der Waals surface area contributed by atoms with Crippen molar-refractivity contribution in [3.63, 3.8) is 0 Å². The SMILES string of the molecule is COc1cccc2cc(C(=O)Nc3ccc(NC(C)=O)cc3)[nH]c12. The largest absolute Gasteiger partial charge is 0.495 e. The van der Waals surface area contributed by atoms with Gasteiger partial charge >= 0.3 is 0 Å². The van der Waals surface area contributed by atoms with Crippen LogP contribution in [0.2, 0.25) is 0 Å². The third-order valence-corrected chi connectivity index (χ3v) is 3.55. The minimum atomic E-state index is -0.250. The van der Waals surface area contributed by atoms with Crippen LogP contribution in [-0.2, 0) is 4.79 Å². The van der Waals surface area contributed by atoms with Crippen LogP contribution in [0.15, 0.2) is 48.5 Å². The summed E-state index contributed by atoms with van der Waals surface area (Å²) in [6, 6.07) is 14.3. The van der Waals surface area contributed by atoms with Crippen molar-refractivity contribution in [3.05, 3.63) is 54.2 Å². The van der Waals surface area contributed by atoms with E-state index in [0.29, 0.717) is 22.8 Å². The Kier molecular flexibility index (Phi) is 4.20. The van der Waals surface area contributed by atoms with Gasteiger partial charge in [0.25, 0.3) is 5.91 Å². The van der Waals surface area contributed by atoms with E-state index < -0.39 is 0 Å². The average molecular weight is 323 g/mol. The van der Waals surface area contributed by atoms with Gasteiger partial charge in [0.2, 0.25) is 5.91 Å². The predicted molar refractivity (Wildman–Crippen MR) is 93.5 cm³/mol. The lowest BCUT2D eigenvalue weighted by Gasteiger charge is -2.06. The number of methoxy groups -OCH3 is 1. The van der Waals surface area contributed by atoms with Crippen LogP contribution < -0.4 is 15.4 Å². The highest BCUT2D eigenvalue weighted by Crippen LogP contribution is 2.25. The molecule has 0 aliphatic carbocycles. The molecule has 3 aromatic rings. The fraction of sp³-hybridized carbons (Fsp3) is 0.111. The predicted octanol–water partition coefficient (Wildman–Crippen LogP) is 3.39. The Labute approximate surface area is 138 Å². The Bertz CT molecular complexity index is 898. The van der Waals surface area contributed by atoms with E-state index in [0.717, 1.165) is 10.9 Å². The first-order valence-corrected chi connectivity index (χ1v) is 7.41. The molecule has 0 saturated carbocycles. The van der Waals surface area contributed by atoms with E-state index in [-0.39, 0.29) is 11.8 Å². The van der Waals surface area contributed by atoms with E-state index in [1.165, 1.54) is 6.92 Å². The fourth-order valence-corrected chi connectivity index (χ4v) is 2.46. The Morgan fingerprint density at radius 1 is 1.00 bits per heavy atom. The Morgan fingerprint density at radius 2 is 1.67 bits per heavy atom. The summed E-state index contributed by atoms with van der Waals surface area (Å²) in [4.78, 5) is 26.5. The summed E-state index contributed by atoms with van der Waals surface area (Å²) < 4.78 is 5.29. The lowest BCUT2D eigenvalue weighted by Crippen LogP contribution is -2.12. The van der Waals surface area contributed by atoms with Crippen LogP contribution in [0.3, 0.4) is 0 Å². The number of fused-ring (bicyclic) bond motifs is 1. The van der Waals surface area contributed by atoms with Crippen molar-refractivity contribution in [1.29, 1.82) is 0 Å². The van der Waals surface area contributed by atoms with E-state index in [2.05, 4.69) is 15.6 Å². The molecule has 0 saturated heterocycles. The second-order valence-corrected chi connectivity index (χ2v) is 5.32. The maximum atomic E-state index is 12.4. The molecule has 0 fully saturated rings. The van der Waals surface area contributed by atoms with Crippen molar-refractivity contribution in [3.8, 4) is 5.75 Å². The van der Waals surface area contributed by atoms with Crippen molar-refractivity contribution >= 4 is 34.1 Å². The van der Waals surface area contributed by atoms with Gasteiger partial charge in [0.1, 0.15) is 11.4 Å². The van der Waals surface area contributed by atoms with E-state index in [4.69, 9.17) is 4.74 Å². The number of H-pyrrole nitrogens is 1. The number of para-hydroxylation sites is 1. The zero-order chi connectivity index (χ0) is 17.1.